The highest BCUT2D eigenvalue weighted by molar-refractivity contribution is 5.76. The number of fused-ring (bicyclic) bond motifs is 1. The van der Waals surface area contributed by atoms with Crippen LogP contribution in [0.5, 0.6) is 0 Å². The van der Waals surface area contributed by atoms with Crippen LogP contribution in [0.1, 0.15) is 49.8 Å². The first kappa shape index (κ1) is 15.6. The topological polar surface area (TPSA) is 75.8 Å². The monoisotopic (exact) mass is 309 g/mol. The number of pyridine rings is 1. The molecule has 2 N–H and O–H groups in total. The van der Waals surface area contributed by atoms with Gasteiger partial charge in [0.1, 0.15) is 29.0 Å². The fraction of sp³-hybridized carbons (Fsp3) is 0.474. The van der Waals surface area contributed by atoms with Gasteiger partial charge in [0.2, 0.25) is 0 Å². The van der Waals surface area contributed by atoms with Gasteiger partial charge in [0, 0.05) is 11.3 Å². The number of aromatic nitrogens is 1. The summed E-state index contributed by atoms with van der Waals surface area (Å²) in [4.78, 5) is 4.51. The Bertz CT molecular complexity index is 790. The maximum atomic E-state index is 9.58. The molecule has 0 amide bonds. The minimum absolute atomic E-state index is 0.224. The van der Waals surface area contributed by atoms with E-state index in [1.165, 1.54) is 0 Å². The highest BCUT2D eigenvalue weighted by Crippen LogP contribution is 2.42. The zero-order chi connectivity index (χ0) is 16.8. The number of nitriles is 1. The predicted molar refractivity (Wildman–Crippen MR) is 90.8 cm³/mol. The van der Waals surface area contributed by atoms with Gasteiger partial charge in [0.25, 0.3) is 0 Å². The molecule has 0 saturated heterocycles. The average Bonchev–Trinajstić information content (AvgIpc) is 2.90. The molecule has 0 fully saturated rings. The second-order valence-corrected chi connectivity index (χ2v) is 7.50. The van der Waals surface area contributed by atoms with Crippen molar-refractivity contribution in [2.45, 2.75) is 47.0 Å². The number of nitrogen functional groups attached to an aromatic ring is 1. The Kier molecular flexibility index (Phi) is 3.68. The number of rotatable bonds is 1. The Morgan fingerprint density at radius 3 is 2.65 bits per heavy atom. The summed E-state index contributed by atoms with van der Waals surface area (Å²) in [6.45, 7) is 8.73. The van der Waals surface area contributed by atoms with E-state index in [-0.39, 0.29) is 5.41 Å². The summed E-state index contributed by atoms with van der Waals surface area (Å²) in [5, 5.41) is 9.58. The summed E-state index contributed by atoms with van der Waals surface area (Å²) in [5.41, 5.74) is 9.71. The molecule has 3 rings (SSSR count). The van der Waals surface area contributed by atoms with Gasteiger partial charge in [-0.05, 0) is 55.2 Å². The van der Waals surface area contributed by atoms with Gasteiger partial charge in [0.15, 0.2) is 0 Å². The van der Waals surface area contributed by atoms with Crippen LogP contribution in [0.3, 0.4) is 0 Å². The van der Waals surface area contributed by atoms with Gasteiger partial charge in [-0.2, -0.15) is 5.26 Å². The predicted octanol–water partition coefficient (Wildman–Crippen LogP) is 4.25. The lowest BCUT2D eigenvalue weighted by Crippen LogP contribution is -2.28. The van der Waals surface area contributed by atoms with Crippen molar-refractivity contribution in [3.05, 3.63) is 34.7 Å². The highest BCUT2D eigenvalue weighted by atomic mass is 16.3. The first-order valence-electron chi connectivity index (χ1n) is 8.09. The zero-order valence-electron chi connectivity index (χ0n) is 14.2. The van der Waals surface area contributed by atoms with Gasteiger partial charge in [-0.1, -0.05) is 20.8 Å². The van der Waals surface area contributed by atoms with Crippen LogP contribution in [0.2, 0.25) is 0 Å². The molecule has 0 radical (unpaired) electrons. The molecule has 120 valence electrons. The molecule has 23 heavy (non-hydrogen) atoms. The van der Waals surface area contributed by atoms with Crippen molar-refractivity contribution in [2.24, 2.45) is 11.3 Å². The summed E-state index contributed by atoms with van der Waals surface area (Å²) in [5.74, 6) is 2.42. The van der Waals surface area contributed by atoms with Crippen molar-refractivity contribution in [3.63, 3.8) is 0 Å². The van der Waals surface area contributed by atoms with Crippen molar-refractivity contribution in [2.75, 3.05) is 5.73 Å². The van der Waals surface area contributed by atoms with Crippen LogP contribution in [0.15, 0.2) is 16.5 Å². The van der Waals surface area contributed by atoms with E-state index in [0.717, 1.165) is 47.6 Å². The molecule has 4 heteroatoms. The van der Waals surface area contributed by atoms with Crippen molar-refractivity contribution in [1.29, 1.82) is 5.26 Å². The van der Waals surface area contributed by atoms with Crippen LogP contribution in [0.25, 0.3) is 11.3 Å². The number of nitrogens with two attached hydrogens (primary N) is 1. The standard InChI is InChI=1S/C19H23N3O/c1-11-5-8-16(23-11)17-13-9-12(19(2,3)4)6-7-15(13)22-18(21)14(17)10-20/h5,8,12H,6-7,9H2,1-4H3,(H2,21,22). The van der Waals surface area contributed by atoms with Crippen molar-refractivity contribution in [3.8, 4) is 17.4 Å². The zero-order valence-corrected chi connectivity index (χ0v) is 14.2. The summed E-state index contributed by atoms with van der Waals surface area (Å²) < 4.78 is 5.82. The first-order chi connectivity index (χ1) is 10.8. The third kappa shape index (κ3) is 2.72. The van der Waals surface area contributed by atoms with E-state index in [4.69, 9.17) is 10.2 Å². The molecule has 2 aromatic heterocycles. The fourth-order valence-corrected chi connectivity index (χ4v) is 3.47. The minimum atomic E-state index is 0.224. The van der Waals surface area contributed by atoms with E-state index in [2.05, 4.69) is 31.8 Å². The summed E-state index contributed by atoms with van der Waals surface area (Å²) >= 11 is 0. The lowest BCUT2D eigenvalue weighted by atomic mass is 9.70. The van der Waals surface area contributed by atoms with Crippen LogP contribution >= 0.6 is 0 Å². The van der Waals surface area contributed by atoms with E-state index < -0.39 is 0 Å². The Morgan fingerprint density at radius 1 is 1.35 bits per heavy atom. The Balaban J connectivity index is 2.21. The first-order valence-corrected chi connectivity index (χ1v) is 8.09. The van der Waals surface area contributed by atoms with Gasteiger partial charge in [-0.15, -0.1) is 0 Å². The average molecular weight is 309 g/mol. The summed E-state index contributed by atoms with van der Waals surface area (Å²) in [6.07, 6.45) is 2.92. The number of aryl methyl sites for hydroxylation is 2. The van der Waals surface area contributed by atoms with Gasteiger partial charge in [-0.3, -0.25) is 0 Å². The number of hydrogen-bond donors (Lipinski definition) is 1. The smallest absolute Gasteiger partial charge is 0.142 e. The number of anilines is 1. The Labute approximate surface area is 137 Å². The molecule has 1 aliphatic carbocycles. The van der Waals surface area contributed by atoms with E-state index in [9.17, 15) is 5.26 Å². The second kappa shape index (κ2) is 5.42. The SMILES string of the molecule is Cc1ccc(-c2c(C#N)c(N)nc3c2CC(C(C)(C)C)CC3)o1. The molecule has 0 spiro atoms. The summed E-state index contributed by atoms with van der Waals surface area (Å²) in [7, 11) is 0. The molecule has 2 heterocycles. The minimum Gasteiger partial charge on any atom is -0.461 e. The van der Waals surface area contributed by atoms with E-state index in [1.807, 2.05) is 19.1 Å². The summed E-state index contributed by atoms with van der Waals surface area (Å²) in [6, 6.07) is 6.07. The van der Waals surface area contributed by atoms with E-state index in [1.54, 1.807) is 0 Å². The van der Waals surface area contributed by atoms with Crippen LogP contribution in [-0.2, 0) is 12.8 Å². The number of hydrogen-bond acceptors (Lipinski definition) is 4. The molecular weight excluding hydrogens is 286 g/mol. The van der Waals surface area contributed by atoms with Gasteiger partial charge in [0.05, 0.1) is 0 Å². The molecular formula is C19H23N3O. The number of furan rings is 1. The largest absolute Gasteiger partial charge is 0.461 e. The normalized spacial score (nSPS) is 17.6. The highest BCUT2D eigenvalue weighted by Gasteiger charge is 2.33. The molecule has 0 bridgehead atoms. The fourth-order valence-electron chi connectivity index (χ4n) is 3.47. The molecule has 1 aliphatic rings. The van der Waals surface area contributed by atoms with Crippen LogP contribution < -0.4 is 5.73 Å². The second-order valence-electron chi connectivity index (χ2n) is 7.50. The molecule has 4 nitrogen and oxygen atoms in total. The van der Waals surface area contributed by atoms with Crippen LogP contribution in [0.4, 0.5) is 5.82 Å². The third-order valence-electron chi connectivity index (χ3n) is 4.92. The molecule has 0 saturated carbocycles. The molecule has 1 unspecified atom stereocenters. The van der Waals surface area contributed by atoms with Crippen molar-refractivity contribution >= 4 is 5.82 Å². The molecule has 1 atom stereocenters. The Hall–Kier alpha value is -2.28. The van der Waals surface area contributed by atoms with Crippen molar-refractivity contribution in [1.82, 2.24) is 4.98 Å². The lowest BCUT2D eigenvalue weighted by Gasteiger charge is -2.35. The van der Waals surface area contributed by atoms with Crippen LogP contribution in [-0.4, -0.2) is 4.98 Å². The lowest BCUT2D eigenvalue weighted by molar-refractivity contribution is 0.215. The van der Waals surface area contributed by atoms with Crippen molar-refractivity contribution < 1.29 is 4.42 Å². The van der Waals surface area contributed by atoms with E-state index in [0.29, 0.717) is 17.3 Å². The van der Waals surface area contributed by atoms with Gasteiger partial charge < -0.3 is 10.2 Å². The van der Waals surface area contributed by atoms with Crippen LogP contribution in [0, 0.1) is 29.6 Å². The number of nitrogens with zero attached hydrogens (tertiary/aromatic N) is 2. The quantitative estimate of drug-likeness (QED) is 0.854. The maximum absolute atomic E-state index is 9.58. The van der Waals surface area contributed by atoms with E-state index >= 15 is 0 Å². The molecule has 0 aromatic carbocycles. The molecule has 0 aliphatic heterocycles. The van der Waals surface area contributed by atoms with Gasteiger partial charge in [-0.25, -0.2) is 4.98 Å². The Morgan fingerprint density at radius 2 is 2.09 bits per heavy atom. The van der Waals surface area contributed by atoms with Gasteiger partial charge >= 0.3 is 0 Å². The maximum Gasteiger partial charge on any atom is 0.142 e. The third-order valence-corrected chi connectivity index (χ3v) is 4.92. The molecule has 2 aromatic rings.